The number of rotatable bonds is 7. The molecule has 0 bridgehead atoms. The lowest BCUT2D eigenvalue weighted by molar-refractivity contribution is -0.141. The summed E-state index contributed by atoms with van der Waals surface area (Å²) in [7, 11) is -4.36. The number of alkyl halides is 4. The standard InChI is InChI=1S/C24H18F7N3O3S/c25-14-2-4-16(5-3-14)38(36,37)34-12-15(26)9-19(34)20(35)7-6-18-23(28)22(17(27)11-32-18)13-1-8-21(33-10-13)24(29,30)31/h1-5,8,10-11,15,19H,6-7,9,12H2/t15-,19+/m1/s1. The number of nitrogens with zero attached hydrogens (tertiary/aromatic N) is 3. The zero-order chi connectivity index (χ0) is 27.8. The van der Waals surface area contributed by atoms with Gasteiger partial charge in [0.15, 0.2) is 17.4 Å². The quantitative estimate of drug-likeness (QED) is 0.384. The molecule has 0 aliphatic carbocycles. The van der Waals surface area contributed by atoms with Crippen molar-refractivity contribution < 1.29 is 43.9 Å². The Morgan fingerprint density at radius 1 is 1.00 bits per heavy atom. The Morgan fingerprint density at radius 3 is 2.29 bits per heavy atom. The molecule has 1 aliphatic heterocycles. The van der Waals surface area contributed by atoms with Crippen LogP contribution in [0, 0.1) is 17.5 Å². The van der Waals surface area contributed by atoms with E-state index in [1.54, 1.807) is 0 Å². The van der Waals surface area contributed by atoms with Gasteiger partial charge in [0.1, 0.15) is 17.7 Å². The SMILES string of the molecule is O=C(CCc1ncc(F)c(-c2ccc(C(F)(F)F)nc2)c1F)[C@@H]1C[C@@H](F)CN1S(=O)(=O)c1ccc(F)cc1. The molecule has 2 atom stereocenters. The Labute approximate surface area is 212 Å². The first-order valence-electron chi connectivity index (χ1n) is 11.1. The number of hydrogen-bond acceptors (Lipinski definition) is 5. The van der Waals surface area contributed by atoms with Gasteiger partial charge in [-0.15, -0.1) is 0 Å². The maximum atomic E-state index is 15.1. The van der Waals surface area contributed by atoms with Crippen molar-refractivity contribution >= 4 is 15.8 Å². The van der Waals surface area contributed by atoms with Gasteiger partial charge in [-0.2, -0.15) is 17.5 Å². The second-order valence-electron chi connectivity index (χ2n) is 8.52. The molecule has 0 N–H and O–H groups in total. The highest BCUT2D eigenvalue weighted by Crippen LogP contribution is 2.32. The first-order chi connectivity index (χ1) is 17.8. The lowest BCUT2D eigenvalue weighted by Crippen LogP contribution is -2.40. The van der Waals surface area contributed by atoms with Gasteiger partial charge in [0, 0.05) is 31.1 Å². The van der Waals surface area contributed by atoms with Gasteiger partial charge in [0.25, 0.3) is 0 Å². The van der Waals surface area contributed by atoms with Crippen molar-refractivity contribution in [2.75, 3.05) is 6.54 Å². The Morgan fingerprint density at radius 2 is 1.68 bits per heavy atom. The van der Waals surface area contributed by atoms with Crippen molar-refractivity contribution in [2.24, 2.45) is 0 Å². The fraction of sp³-hybridized carbons (Fsp3) is 0.292. The smallest absolute Gasteiger partial charge is 0.298 e. The minimum atomic E-state index is -4.75. The highest BCUT2D eigenvalue weighted by Gasteiger charge is 2.43. The molecule has 1 fully saturated rings. The van der Waals surface area contributed by atoms with Gasteiger partial charge >= 0.3 is 6.18 Å². The van der Waals surface area contributed by atoms with Crippen molar-refractivity contribution in [3.63, 3.8) is 0 Å². The van der Waals surface area contributed by atoms with Crippen LogP contribution < -0.4 is 0 Å². The molecule has 0 spiro atoms. The van der Waals surface area contributed by atoms with Crippen LogP contribution in [0.4, 0.5) is 30.7 Å². The number of benzene rings is 1. The topological polar surface area (TPSA) is 80.2 Å². The number of aromatic nitrogens is 2. The number of Topliss-reactive ketones (excluding diaryl/α,β-unsaturated/α-hetero) is 1. The fourth-order valence-electron chi connectivity index (χ4n) is 4.12. The summed E-state index contributed by atoms with van der Waals surface area (Å²) in [5.41, 5.74) is -2.66. The van der Waals surface area contributed by atoms with E-state index in [2.05, 4.69) is 9.97 Å². The number of aryl methyl sites for hydroxylation is 1. The van der Waals surface area contributed by atoms with E-state index in [-0.39, 0.29) is 10.5 Å². The summed E-state index contributed by atoms with van der Waals surface area (Å²) in [6.07, 6.45) is -6.49. The van der Waals surface area contributed by atoms with Gasteiger partial charge in [0.2, 0.25) is 10.0 Å². The zero-order valence-corrected chi connectivity index (χ0v) is 20.0. The van der Waals surface area contributed by atoms with Crippen molar-refractivity contribution in [2.45, 2.75) is 42.5 Å². The molecular weight excluding hydrogens is 543 g/mol. The van der Waals surface area contributed by atoms with E-state index in [1.807, 2.05) is 0 Å². The lowest BCUT2D eigenvalue weighted by atomic mass is 10.0. The summed E-state index contributed by atoms with van der Waals surface area (Å²) in [6.45, 7) is -0.607. The summed E-state index contributed by atoms with van der Waals surface area (Å²) in [6, 6.07) is 3.74. The monoisotopic (exact) mass is 561 g/mol. The van der Waals surface area contributed by atoms with Gasteiger partial charge in [0.05, 0.1) is 28.4 Å². The minimum Gasteiger partial charge on any atom is -0.298 e. The van der Waals surface area contributed by atoms with E-state index in [1.165, 1.54) is 0 Å². The largest absolute Gasteiger partial charge is 0.433 e. The molecule has 38 heavy (non-hydrogen) atoms. The third-order valence-electron chi connectivity index (χ3n) is 5.99. The van der Waals surface area contributed by atoms with Gasteiger partial charge in [-0.25, -0.2) is 26.0 Å². The number of ketones is 1. The predicted molar refractivity (Wildman–Crippen MR) is 119 cm³/mol. The molecule has 0 saturated carbocycles. The molecule has 6 nitrogen and oxygen atoms in total. The average molecular weight is 561 g/mol. The molecule has 14 heteroatoms. The van der Waals surface area contributed by atoms with Crippen LogP contribution in [0.25, 0.3) is 11.1 Å². The zero-order valence-electron chi connectivity index (χ0n) is 19.2. The van der Waals surface area contributed by atoms with Crippen LogP contribution in [0.2, 0.25) is 0 Å². The van der Waals surface area contributed by atoms with E-state index in [9.17, 15) is 39.6 Å². The number of pyridine rings is 2. The second-order valence-corrected chi connectivity index (χ2v) is 10.4. The predicted octanol–water partition coefficient (Wildman–Crippen LogP) is 4.88. The van der Waals surface area contributed by atoms with Crippen LogP contribution in [0.1, 0.15) is 24.2 Å². The molecule has 0 amide bonds. The number of carbonyl (C=O) groups is 1. The van der Waals surface area contributed by atoms with E-state index >= 15 is 4.39 Å². The van der Waals surface area contributed by atoms with Crippen LogP contribution in [0.15, 0.2) is 53.7 Å². The second kappa shape index (κ2) is 10.4. The van der Waals surface area contributed by atoms with Crippen LogP contribution in [0.3, 0.4) is 0 Å². The molecule has 1 aliphatic rings. The Hall–Kier alpha value is -3.39. The summed E-state index contributed by atoms with van der Waals surface area (Å²) >= 11 is 0. The number of sulfonamides is 1. The van der Waals surface area contributed by atoms with E-state index in [0.717, 1.165) is 30.3 Å². The molecular formula is C24H18F7N3O3S. The average Bonchev–Trinajstić information content (AvgIpc) is 3.26. The van der Waals surface area contributed by atoms with Crippen LogP contribution in [-0.2, 0) is 27.4 Å². The van der Waals surface area contributed by atoms with Crippen molar-refractivity contribution in [1.82, 2.24) is 14.3 Å². The fourth-order valence-corrected chi connectivity index (χ4v) is 5.77. The third-order valence-corrected chi connectivity index (χ3v) is 7.88. The van der Waals surface area contributed by atoms with E-state index < -0.39 is 94.4 Å². The van der Waals surface area contributed by atoms with Gasteiger partial charge < -0.3 is 0 Å². The molecule has 1 saturated heterocycles. The first-order valence-corrected chi connectivity index (χ1v) is 12.5. The third kappa shape index (κ3) is 5.55. The molecule has 3 heterocycles. The molecule has 2 aromatic heterocycles. The Balaban J connectivity index is 1.54. The van der Waals surface area contributed by atoms with Crippen molar-refractivity contribution in [3.8, 4) is 11.1 Å². The summed E-state index contributed by atoms with van der Waals surface area (Å²) < 4.78 is 122. The van der Waals surface area contributed by atoms with Crippen molar-refractivity contribution in [1.29, 1.82) is 0 Å². The van der Waals surface area contributed by atoms with Crippen molar-refractivity contribution in [3.05, 3.63) is 77.6 Å². The van der Waals surface area contributed by atoms with Crippen LogP contribution in [0.5, 0.6) is 0 Å². The number of carbonyl (C=O) groups excluding carboxylic acids is 1. The number of hydrogen-bond donors (Lipinski definition) is 0. The molecule has 1 aromatic carbocycles. The molecule has 4 rings (SSSR count). The molecule has 0 unspecified atom stereocenters. The Bertz CT molecular complexity index is 1450. The minimum absolute atomic E-state index is 0.296. The normalized spacial score (nSPS) is 18.6. The van der Waals surface area contributed by atoms with Gasteiger partial charge in [-0.1, -0.05) is 6.07 Å². The Kier molecular flexibility index (Phi) is 7.57. The summed E-state index contributed by atoms with van der Waals surface area (Å²) in [5.74, 6) is -3.85. The molecule has 0 radical (unpaired) electrons. The summed E-state index contributed by atoms with van der Waals surface area (Å²) in [4.78, 5) is 19.4. The summed E-state index contributed by atoms with van der Waals surface area (Å²) in [5, 5.41) is 0. The maximum Gasteiger partial charge on any atom is 0.433 e. The highest BCUT2D eigenvalue weighted by atomic mass is 32.2. The maximum absolute atomic E-state index is 15.1. The lowest BCUT2D eigenvalue weighted by Gasteiger charge is -2.22. The molecule has 3 aromatic rings. The number of halogens is 7. The van der Waals surface area contributed by atoms with E-state index in [0.29, 0.717) is 22.8 Å². The van der Waals surface area contributed by atoms with Gasteiger partial charge in [-0.3, -0.25) is 14.8 Å². The van der Waals surface area contributed by atoms with E-state index in [4.69, 9.17) is 0 Å². The van der Waals surface area contributed by atoms with Gasteiger partial charge in [-0.05, 0) is 36.8 Å². The molecule has 202 valence electrons. The highest BCUT2D eigenvalue weighted by molar-refractivity contribution is 7.89. The first kappa shape index (κ1) is 27.6. The van der Waals surface area contributed by atoms with Crippen LogP contribution in [-0.4, -0.2) is 47.2 Å². The van der Waals surface area contributed by atoms with Crippen LogP contribution >= 0.6 is 0 Å².